The number of carbonyl (C=O) groups is 1. The van der Waals surface area contributed by atoms with Gasteiger partial charge in [0.2, 0.25) is 0 Å². The molecule has 0 saturated carbocycles. The Labute approximate surface area is 124 Å². The summed E-state index contributed by atoms with van der Waals surface area (Å²) in [4.78, 5) is 21.3. The molecule has 1 fully saturated rings. The number of piperazine rings is 1. The molecule has 0 aliphatic carbocycles. The molecule has 21 heavy (non-hydrogen) atoms. The standard InChI is InChI=1S/C16H20N4O/c1-19-8-9-20(12(10-17)11-19)16(21)14-6-7-18-15-5-3-2-4-13(14)15/h2-7,12H,8-11,17H2,1H3. The zero-order chi connectivity index (χ0) is 14.8. The Kier molecular flexibility index (Phi) is 3.86. The van der Waals surface area contributed by atoms with Crippen LogP contribution in [0.2, 0.25) is 0 Å². The molecule has 2 N–H and O–H groups in total. The lowest BCUT2D eigenvalue weighted by Crippen LogP contribution is -2.56. The molecule has 1 unspecified atom stereocenters. The number of nitrogens with two attached hydrogens (primary N) is 1. The summed E-state index contributed by atoms with van der Waals surface area (Å²) in [5.41, 5.74) is 7.41. The van der Waals surface area contributed by atoms with Crippen molar-refractivity contribution in [3.8, 4) is 0 Å². The number of para-hydroxylation sites is 1. The lowest BCUT2D eigenvalue weighted by Gasteiger charge is -2.39. The van der Waals surface area contributed by atoms with Crippen molar-refractivity contribution < 1.29 is 4.79 Å². The lowest BCUT2D eigenvalue weighted by atomic mass is 10.1. The summed E-state index contributed by atoms with van der Waals surface area (Å²) in [6.45, 7) is 2.91. The van der Waals surface area contributed by atoms with Crippen LogP contribution in [0, 0.1) is 0 Å². The molecule has 1 aliphatic rings. The minimum Gasteiger partial charge on any atom is -0.332 e. The number of carbonyl (C=O) groups excluding carboxylic acids is 1. The van der Waals surface area contributed by atoms with Gasteiger partial charge in [0, 0.05) is 37.8 Å². The van der Waals surface area contributed by atoms with E-state index in [1.54, 1.807) is 12.3 Å². The third kappa shape index (κ3) is 2.62. The molecule has 2 heterocycles. The van der Waals surface area contributed by atoms with Gasteiger partial charge in [0.05, 0.1) is 17.1 Å². The number of benzene rings is 1. The van der Waals surface area contributed by atoms with E-state index in [-0.39, 0.29) is 11.9 Å². The molecule has 0 bridgehead atoms. The SMILES string of the molecule is CN1CCN(C(=O)c2ccnc3ccccc23)C(CN)C1. The van der Waals surface area contributed by atoms with Crippen LogP contribution in [0.25, 0.3) is 10.9 Å². The van der Waals surface area contributed by atoms with Crippen molar-refractivity contribution in [3.05, 3.63) is 42.1 Å². The second kappa shape index (κ2) is 5.79. The lowest BCUT2D eigenvalue weighted by molar-refractivity contribution is 0.0518. The summed E-state index contributed by atoms with van der Waals surface area (Å²) in [6, 6.07) is 9.62. The van der Waals surface area contributed by atoms with Crippen LogP contribution in [0.15, 0.2) is 36.5 Å². The van der Waals surface area contributed by atoms with E-state index in [9.17, 15) is 4.79 Å². The van der Waals surface area contributed by atoms with Gasteiger partial charge in [0.1, 0.15) is 0 Å². The topological polar surface area (TPSA) is 62.5 Å². The molecule has 0 spiro atoms. The molecular weight excluding hydrogens is 264 g/mol. The van der Waals surface area contributed by atoms with Crippen LogP contribution in [0.5, 0.6) is 0 Å². The monoisotopic (exact) mass is 284 g/mol. The summed E-state index contributed by atoms with van der Waals surface area (Å²) in [5, 5.41) is 0.902. The zero-order valence-electron chi connectivity index (χ0n) is 12.2. The highest BCUT2D eigenvalue weighted by Crippen LogP contribution is 2.20. The number of likely N-dealkylation sites (N-methyl/N-ethyl adjacent to an activating group) is 1. The Morgan fingerprint density at radius 2 is 2.14 bits per heavy atom. The first-order valence-corrected chi connectivity index (χ1v) is 7.24. The molecule has 0 radical (unpaired) electrons. The fourth-order valence-corrected chi connectivity index (χ4v) is 2.92. The van der Waals surface area contributed by atoms with Crippen molar-refractivity contribution in [1.29, 1.82) is 0 Å². The minimum absolute atomic E-state index is 0.0529. The van der Waals surface area contributed by atoms with Gasteiger partial charge in [-0.1, -0.05) is 18.2 Å². The van der Waals surface area contributed by atoms with Crippen LogP contribution >= 0.6 is 0 Å². The van der Waals surface area contributed by atoms with E-state index >= 15 is 0 Å². The maximum atomic E-state index is 12.9. The highest BCUT2D eigenvalue weighted by Gasteiger charge is 2.29. The number of amides is 1. The van der Waals surface area contributed by atoms with E-state index in [0.717, 1.165) is 24.0 Å². The van der Waals surface area contributed by atoms with Crippen LogP contribution in [0.3, 0.4) is 0 Å². The van der Waals surface area contributed by atoms with Crippen LogP contribution in [-0.4, -0.2) is 60.0 Å². The summed E-state index contributed by atoms with van der Waals surface area (Å²) in [7, 11) is 2.06. The van der Waals surface area contributed by atoms with Gasteiger partial charge in [-0.2, -0.15) is 0 Å². The number of nitrogens with zero attached hydrogens (tertiary/aromatic N) is 3. The number of fused-ring (bicyclic) bond motifs is 1. The van der Waals surface area contributed by atoms with Gasteiger partial charge in [-0.15, -0.1) is 0 Å². The summed E-state index contributed by atoms with van der Waals surface area (Å²) < 4.78 is 0. The van der Waals surface area contributed by atoms with Crippen LogP contribution in [0.4, 0.5) is 0 Å². The molecule has 1 aliphatic heterocycles. The Hall–Kier alpha value is -1.98. The largest absolute Gasteiger partial charge is 0.332 e. The van der Waals surface area contributed by atoms with E-state index in [1.165, 1.54) is 0 Å². The van der Waals surface area contributed by atoms with Crippen molar-refractivity contribution in [1.82, 2.24) is 14.8 Å². The average Bonchev–Trinajstić information content (AvgIpc) is 2.53. The third-order valence-corrected chi connectivity index (χ3v) is 4.10. The predicted molar refractivity (Wildman–Crippen MR) is 83.1 cm³/mol. The number of pyridine rings is 1. The summed E-state index contributed by atoms with van der Waals surface area (Å²) in [5.74, 6) is 0.0529. The molecular formula is C16H20N4O. The van der Waals surface area contributed by atoms with Crippen LogP contribution < -0.4 is 5.73 Å². The second-order valence-corrected chi connectivity index (χ2v) is 5.53. The fraction of sp³-hybridized carbons (Fsp3) is 0.375. The summed E-state index contributed by atoms with van der Waals surface area (Å²) in [6.07, 6.45) is 1.70. The van der Waals surface area contributed by atoms with Crippen molar-refractivity contribution in [2.45, 2.75) is 6.04 Å². The van der Waals surface area contributed by atoms with E-state index in [0.29, 0.717) is 18.7 Å². The molecule has 1 amide bonds. The molecule has 5 nitrogen and oxygen atoms in total. The maximum absolute atomic E-state index is 12.9. The van der Waals surface area contributed by atoms with Gasteiger partial charge in [-0.3, -0.25) is 9.78 Å². The van der Waals surface area contributed by atoms with Crippen molar-refractivity contribution in [2.24, 2.45) is 5.73 Å². The van der Waals surface area contributed by atoms with E-state index in [1.807, 2.05) is 29.2 Å². The number of rotatable bonds is 2. The Morgan fingerprint density at radius 1 is 1.33 bits per heavy atom. The van der Waals surface area contributed by atoms with E-state index < -0.39 is 0 Å². The smallest absolute Gasteiger partial charge is 0.254 e. The normalized spacial score (nSPS) is 19.9. The fourth-order valence-electron chi connectivity index (χ4n) is 2.92. The average molecular weight is 284 g/mol. The van der Waals surface area contributed by atoms with Gasteiger partial charge in [0.15, 0.2) is 0 Å². The van der Waals surface area contributed by atoms with Gasteiger partial charge in [-0.25, -0.2) is 0 Å². The first kappa shape index (κ1) is 14.0. The Bertz CT molecular complexity index is 652. The van der Waals surface area contributed by atoms with Gasteiger partial charge in [-0.05, 0) is 19.2 Å². The van der Waals surface area contributed by atoms with E-state index in [2.05, 4.69) is 16.9 Å². The van der Waals surface area contributed by atoms with Crippen molar-refractivity contribution >= 4 is 16.8 Å². The van der Waals surface area contributed by atoms with Gasteiger partial charge < -0.3 is 15.5 Å². The van der Waals surface area contributed by atoms with Crippen LogP contribution in [-0.2, 0) is 0 Å². The van der Waals surface area contributed by atoms with Gasteiger partial charge >= 0.3 is 0 Å². The molecule has 3 rings (SSSR count). The highest BCUT2D eigenvalue weighted by molar-refractivity contribution is 6.06. The number of hydrogen-bond acceptors (Lipinski definition) is 4. The van der Waals surface area contributed by atoms with E-state index in [4.69, 9.17) is 5.73 Å². The molecule has 5 heteroatoms. The second-order valence-electron chi connectivity index (χ2n) is 5.53. The maximum Gasteiger partial charge on any atom is 0.254 e. The quantitative estimate of drug-likeness (QED) is 0.892. The Morgan fingerprint density at radius 3 is 2.95 bits per heavy atom. The highest BCUT2D eigenvalue weighted by atomic mass is 16.2. The number of hydrogen-bond donors (Lipinski definition) is 1. The third-order valence-electron chi connectivity index (χ3n) is 4.10. The molecule has 1 aromatic carbocycles. The van der Waals surface area contributed by atoms with Crippen LogP contribution in [0.1, 0.15) is 10.4 Å². The summed E-state index contributed by atoms with van der Waals surface area (Å²) >= 11 is 0. The molecule has 1 aromatic heterocycles. The minimum atomic E-state index is 0.0529. The van der Waals surface area contributed by atoms with Crippen molar-refractivity contribution in [2.75, 3.05) is 33.2 Å². The first-order chi connectivity index (χ1) is 10.2. The number of aromatic nitrogens is 1. The molecule has 2 aromatic rings. The van der Waals surface area contributed by atoms with Gasteiger partial charge in [0.25, 0.3) is 5.91 Å². The first-order valence-electron chi connectivity index (χ1n) is 7.24. The molecule has 1 atom stereocenters. The molecule has 110 valence electrons. The zero-order valence-corrected chi connectivity index (χ0v) is 12.2. The Balaban J connectivity index is 1.96. The molecule has 1 saturated heterocycles. The van der Waals surface area contributed by atoms with Crippen molar-refractivity contribution in [3.63, 3.8) is 0 Å². The predicted octanol–water partition coefficient (Wildman–Crippen LogP) is 0.950.